The number of hydrogen-bond donors (Lipinski definition) is 5. The molecule has 0 bridgehead atoms. The summed E-state index contributed by atoms with van der Waals surface area (Å²) in [7, 11) is -1.76. The molecule has 0 spiro atoms. The van der Waals surface area contributed by atoms with Gasteiger partial charge in [-0.1, -0.05) is 24.3 Å². The van der Waals surface area contributed by atoms with Gasteiger partial charge < -0.3 is 32.0 Å². The van der Waals surface area contributed by atoms with Gasteiger partial charge in [-0.3, -0.25) is 0 Å². The monoisotopic (exact) mass is 349 g/mol. The third kappa shape index (κ3) is 4.40. The fraction of sp³-hybridized carbons (Fsp3) is 0.125. The van der Waals surface area contributed by atoms with Gasteiger partial charge in [0.15, 0.2) is 0 Å². The van der Waals surface area contributed by atoms with Crippen molar-refractivity contribution >= 4 is 24.0 Å². The zero-order valence-electron chi connectivity index (χ0n) is 13.4. The zero-order chi connectivity index (χ0) is 18.8. The van der Waals surface area contributed by atoms with Gasteiger partial charge in [0.05, 0.1) is 5.70 Å². The van der Waals surface area contributed by atoms with Gasteiger partial charge in [0.1, 0.15) is 5.75 Å². The van der Waals surface area contributed by atoms with Crippen molar-refractivity contribution in [3.8, 4) is 16.9 Å². The molecule has 25 heavy (non-hydrogen) atoms. The Hall–Kier alpha value is -2.78. The molecule has 0 unspecified atom stereocenters. The molecule has 0 amide bonds. The largest absolute Gasteiger partial charge is 0.488 e. The first-order valence-corrected chi connectivity index (χ1v) is 7.27. The molecule has 6 nitrogen and oxygen atoms in total. The van der Waals surface area contributed by atoms with E-state index in [1.165, 1.54) is 30.5 Å². The Balaban J connectivity index is 2.59. The quantitative estimate of drug-likeness (QED) is 0.402. The highest BCUT2D eigenvalue weighted by Crippen LogP contribution is 2.34. The van der Waals surface area contributed by atoms with Crippen LogP contribution in [0.2, 0.25) is 0 Å². The molecule has 8 N–H and O–H groups in total. The highest BCUT2D eigenvalue weighted by atomic mass is 19.3. The summed E-state index contributed by atoms with van der Waals surface area (Å²) in [5.41, 5.74) is 18.9. The van der Waals surface area contributed by atoms with Gasteiger partial charge in [-0.05, 0) is 23.2 Å². The van der Waals surface area contributed by atoms with E-state index in [0.29, 0.717) is 18.1 Å². The summed E-state index contributed by atoms with van der Waals surface area (Å²) in [6, 6.07) is 8.53. The van der Waals surface area contributed by atoms with Crippen LogP contribution < -0.4 is 27.4 Å². The third-order valence-corrected chi connectivity index (χ3v) is 3.44. The average molecular weight is 349 g/mol. The number of benzene rings is 2. The summed E-state index contributed by atoms with van der Waals surface area (Å²) >= 11 is 0. The minimum atomic E-state index is -3.41. The van der Waals surface area contributed by atoms with Gasteiger partial charge in [0.25, 0.3) is 0 Å². The summed E-state index contributed by atoms with van der Waals surface area (Å²) in [4.78, 5) is 0. The summed E-state index contributed by atoms with van der Waals surface area (Å²) in [5, 5.41) is 18.7. The van der Waals surface area contributed by atoms with Gasteiger partial charge in [0, 0.05) is 29.9 Å². The fourth-order valence-electron chi connectivity index (χ4n) is 2.30. The number of nitrogen functional groups attached to an aromatic ring is 1. The van der Waals surface area contributed by atoms with E-state index in [1.807, 2.05) is 0 Å². The summed E-state index contributed by atoms with van der Waals surface area (Å²) in [6.07, 6.45) is -2.22. The van der Waals surface area contributed by atoms with Crippen molar-refractivity contribution in [2.75, 3.05) is 5.73 Å². The van der Waals surface area contributed by atoms with Crippen LogP contribution in [-0.2, 0) is 0 Å². The van der Waals surface area contributed by atoms with Crippen molar-refractivity contribution in [3.63, 3.8) is 0 Å². The minimum Gasteiger partial charge on any atom is -0.432 e. The molecule has 2 aromatic carbocycles. The lowest BCUT2D eigenvalue weighted by Crippen LogP contribution is -2.30. The van der Waals surface area contributed by atoms with Crippen LogP contribution in [0.5, 0.6) is 5.75 Å². The smallest absolute Gasteiger partial charge is 0.432 e. The summed E-state index contributed by atoms with van der Waals surface area (Å²) in [5.74, 6) is -0.133. The van der Waals surface area contributed by atoms with Gasteiger partial charge in [-0.2, -0.15) is 8.78 Å². The number of anilines is 1. The Bertz CT molecular complexity index is 808. The van der Waals surface area contributed by atoms with E-state index in [9.17, 15) is 18.8 Å². The SMILES string of the molecule is CC(F)(F)Oc1ccc(B(O)O)cc1-c1ccc(/C(N)=C\N)c(N)c1. The molecule has 0 aliphatic carbocycles. The molecule has 2 aromatic rings. The molecule has 2 rings (SSSR count). The highest BCUT2D eigenvalue weighted by molar-refractivity contribution is 6.58. The Morgan fingerprint density at radius 3 is 2.40 bits per heavy atom. The van der Waals surface area contributed by atoms with Crippen molar-refractivity contribution in [3.05, 3.63) is 48.2 Å². The summed E-state index contributed by atoms with van der Waals surface area (Å²) in [6.45, 7) is 0.607. The first kappa shape index (κ1) is 18.6. The molecular formula is C16H18BF2N3O3. The minimum absolute atomic E-state index is 0.116. The highest BCUT2D eigenvalue weighted by Gasteiger charge is 2.26. The van der Waals surface area contributed by atoms with Crippen molar-refractivity contribution < 1.29 is 23.6 Å². The molecule has 0 aliphatic rings. The lowest BCUT2D eigenvalue weighted by atomic mass is 9.79. The van der Waals surface area contributed by atoms with E-state index in [1.54, 1.807) is 12.1 Å². The maximum Gasteiger partial charge on any atom is 0.488 e. The maximum atomic E-state index is 13.3. The van der Waals surface area contributed by atoms with E-state index in [2.05, 4.69) is 4.74 Å². The second-order valence-corrected chi connectivity index (χ2v) is 5.46. The third-order valence-electron chi connectivity index (χ3n) is 3.44. The van der Waals surface area contributed by atoms with E-state index >= 15 is 0 Å². The molecule has 0 aliphatic heterocycles. The van der Waals surface area contributed by atoms with Gasteiger partial charge in [-0.25, -0.2) is 0 Å². The fourth-order valence-corrected chi connectivity index (χ4v) is 2.30. The molecule has 132 valence electrons. The maximum absolute atomic E-state index is 13.3. The van der Waals surface area contributed by atoms with Crippen LogP contribution in [0, 0.1) is 0 Å². The van der Waals surface area contributed by atoms with E-state index in [4.69, 9.17) is 17.2 Å². The normalized spacial score (nSPS) is 12.1. The standard InChI is InChI=1S/C16H18BF2N3O3/c1-16(18,19)25-15-5-3-10(17(23)24)7-12(15)9-2-4-11(13(21)6-9)14(22)8-20/h2-8,23-24H,20-22H2,1H3/b14-8+. The molecule has 0 saturated carbocycles. The van der Waals surface area contributed by atoms with E-state index in [0.717, 1.165) is 0 Å². The van der Waals surface area contributed by atoms with Crippen molar-refractivity contribution in [2.24, 2.45) is 11.5 Å². The van der Waals surface area contributed by atoms with Crippen LogP contribution in [0.1, 0.15) is 12.5 Å². The van der Waals surface area contributed by atoms with Crippen molar-refractivity contribution in [1.29, 1.82) is 0 Å². The van der Waals surface area contributed by atoms with Gasteiger partial charge >= 0.3 is 13.2 Å². The predicted molar refractivity (Wildman–Crippen MR) is 93.7 cm³/mol. The Morgan fingerprint density at radius 2 is 1.88 bits per heavy atom. The van der Waals surface area contributed by atoms with Crippen LogP contribution in [-0.4, -0.2) is 23.3 Å². The Labute approximate surface area is 143 Å². The number of ether oxygens (including phenoxy) is 1. The van der Waals surface area contributed by atoms with Crippen LogP contribution in [0.4, 0.5) is 14.5 Å². The second kappa shape index (κ2) is 7.00. The lowest BCUT2D eigenvalue weighted by Gasteiger charge is -2.18. The van der Waals surface area contributed by atoms with Crippen LogP contribution in [0.3, 0.4) is 0 Å². The lowest BCUT2D eigenvalue weighted by molar-refractivity contribution is -0.158. The molecule has 0 aromatic heterocycles. The second-order valence-electron chi connectivity index (χ2n) is 5.46. The number of halogens is 2. The molecule has 9 heteroatoms. The molecule has 0 radical (unpaired) electrons. The topological polar surface area (TPSA) is 128 Å². The molecule has 0 fully saturated rings. The van der Waals surface area contributed by atoms with Crippen LogP contribution in [0.15, 0.2) is 42.6 Å². The first-order valence-electron chi connectivity index (χ1n) is 7.27. The van der Waals surface area contributed by atoms with Crippen LogP contribution >= 0.6 is 0 Å². The van der Waals surface area contributed by atoms with Crippen LogP contribution in [0.25, 0.3) is 16.8 Å². The molecule has 0 atom stereocenters. The number of rotatable bonds is 5. The van der Waals surface area contributed by atoms with E-state index < -0.39 is 13.2 Å². The average Bonchev–Trinajstić information content (AvgIpc) is 2.52. The van der Waals surface area contributed by atoms with Crippen molar-refractivity contribution in [1.82, 2.24) is 0 Å². The number of nitrogens with two attached hydrogens (primary N) is 3. The summed E-state index contributed by atoms with van der Waals surface area (Å²) < 4.78 is 31.2. The first-order chi connectivity index (χ1) is 11.6. The zero-order valence-corrected chi connectivity index (χ0v) is 13.4. The molecular weight excluding hydrogens is 331 g/mol. The van der Waals surface area contributed by atoms with Crippen molar-refractivity contribution in [2.45, 2.75) is 13.0 Å². The molecule has 0 saturated heterocycles. The predicted octanol–water partition coefficient (Wildman–Crippen LogP) is 0.823. The Morgan fingerprint density at radius 1 is 1.20 bits per heavy atom. The van der Waals surface area contributed by atoms with Gasteiger partial charge in [0.2, 0.25) is 0 Å². The number of alkyl halides is 2. The molecule has 0 heterocycles. The van der Waals surface area contributed by atoms with E-state index in [-0.39, 0.29) is 28.2 Å². The Kier molecular flexibility index (Phi) is 5.20. The number of hydrogen-bond acceptors (Lipinski definition) is 6. The van der Waals surface area contributed by atoms with Gasteiger partial charge in [-0.15, -0.1) is 0 Å².